The molecule has 48 heavy (non-hydrogen) atoms. The third-order valence-corrected chi connectivity index (χ3v) is 13.9. The van der Waals surface area contributed by atoms with Crippen molar-refractivity contribution in [1.29, 1.82) is 0 Å². The highest BCUT2D eigenvalue weighted by Crippen LogP contribution is 2.32. The molecule has 0 spiro atoms. The number of hydrogen-bond donors (Lipinski definition) is 4. The summed E-state index contributed by atoms with van der Waals surface area (Å²) in [4.78, 5) is 35.8. The van der Waals surface area contributed by atoms with Crippen molar-refractivity contribution in [3.05, 3.63) is 84.6 Å². The summed E-state index contributed by atoms with van der Waals surface area (Å²) in [6.45, 7) is 1.78. The van der Waals surface area contributed by atoms with Crippen LogP contribution in [0.1, 0.15) is 26.3 Å². The monoisotopic (exact) mass is 794 g/mol. The zero-order valence-electron chi connectivity index (χ0n) is 27.0. The van der Waals surface area contributed by atoms with Crippen LogP contribution in [0.2, 0.25) is 0 Å². The summed E-state index contributed by atoms with van der Waals surface area (Å²) in [6, 6.07) is 18.6. The van der Waals surface area contributed by atoms with Gasteiger partial charge in [-0.2, -0.15) is 4.98 Å². The van der Waals surface area contributed by atoms with Crippen molar-refractivity contribution in [2.24, 2.45) is 0 Å². The van der Waals surface area contributed by atoms with Crippen LogP contribution < -0.4 is 20.9 Å². The van der Waals surface area contributed by atoms with Gasteiger partial charge < -0.3 is 25.8 Å². The van der Waals surface area contributed by atoms with Crippen LogP contribution in [0.15, 0.2) is 83.9 Å². The Morgan fingerprint density at radius 3 is 2.46 bits per heavy atom. The molecule has 0 bridgehead atoms. The van der Waals surface area contributed by atoms with Crippen molar-refractivity contribution < 1.29 is 32.4 Å². The quantitative estimate of drug-likeness (QED) is 0.0835. The van der Waals surface area contributed by atoms with E-state index >= 15 is 0 Å². The second-order valence-corrected chi connectivity index (χ2v) is 20.2. The molecule has 0 aliphatic heterocycles. The topological polar surface area (TPSA) is 146 Å². The Morgan fingerprint density at radius 2 is 1.79 bits per heavy atom. The molecule has 1 unspecified atom stereocenters. The highest BCUT2D eigenvalue weighted by molar-refractivity contribution is 14.2. The lowest BCUT2D eigenvalue weighted by Crippen LogP contribution is -2.31. The molecule has 0 radical (unpaired) electrons. The molecule has 4 aromatic rings. The first-order valence-corrected chi connectivity index (χ1v) is 20.4. The first-order chi connectivity index (χ1) is 22.7. The van der Waals surface area contributed by atoms with Crippen LogP contribution in [0.5, 0.6) is 0 Å². The van der Waals surface area contributed by atoms with Gasteiger partial charge in [-0.25, -0.2) is 23.4 Å². The molecule has 15 heteroatoms. The second kappa shape index (κ2) is 15.8. The van der Waals surface area contributed by atoms with Crippen LogP contribution in [-0.4, -0.2) is 61.8 Å². The van der Waals surface area contributed by atoms with E-state index in [1.165, 1.54) is 30.1 Å². The van der Waals surface area contributed by atoms with E-state index in [-0.39, 0.29) is 30.8 Å². The Labute approximate surface area is 286 Å². The number of rotatable bonds is 12. The number of carbonyl (C=O) groups is 2. The molecule has 4 N–H and O–H groups in total. The van der Waals surface area contributed by atoms with Gasteiger partial charge in [-0.1, -0.05) is 30.3 Å². The first kappa shape index (κ1) is 36.6. The third kappa shape index (κ3) is 9.67. The van der Waals surface area contributed by atoms with Crippen molar-refractivity contribution in [2.45, 2.75) is 37.6 Å². The summed E-state index contributed by atoms with van der Waals surface area (Å²) in [5.74, 6) is -2.37. The number of nitrogens with zero attached hydrogens (tertiary/aromatic N) is 3. The van der Waals surface area contributed by atoms with Crippen LogP contribution in [-0.2, 0) is 17.2 Å². The molecule has 11 nitrogen and oxygen atoms in total. The molecule has 3 aromatic carbocycles. The van der Waals surface area contributed by atoms with Gasteiger partial charge in [-0.05, 0) is 61.9 Å². The molecule has 1 heterocycles. The van der Waals surface area contributed by atoms with Gasteiger partial charge in [0, 0.05) is 72.1 Å². The number of benzene rings is 3. The minimum absolute atomic E-state index is 0.153. The predicted octanol–water partition coefficient (Wildman–Crippen LogP) is 7.78. The van der Waals surface area contributed by atoms with Gasteiger partial charge in [0.25, 0.3) is 5.92 Å². The fourth-order valence-electron chi connectivity index (χ4n) is 4.32. The summed E-state index contributed by atoms with van der Waals surface area (Å²) >= 11 is -1.39. The van der Waals surface area contributed by atoms with Crippen molar-refractivity contribution >= 4 is 64.7 Å². The number of ether oxygens (including phenoxy) is 1. The Hall–Kier alpha value is -4.22. The Balaban J connectivity index is 1.54. The summed E-state index contributed by atoms with van der Waals surface area (Å²) in [6.07, 6.45) is 3.17. The van der Waals surface area contributed by atoms with Crippen molar-refractivity contribution in [3.8, 4) is 11.1 Å². The van der Waals surface area contributed by atoms with E-state index in [4.69, 9.17) is 4.74 Å². The lowest BCUT2D eigenvalue weighted by atomic mass is 10.1. The van der Waals surface area contributed by atoms with Crippen LogP contribution in [0.3, 0.4) is 0 Å². The zero-order chi connectivity index (χ0) is 35.1. The van der Waals surface area contributed by atoms with Gasteiger partial charge in [0.1, 0.15) is 5.82 Å². The van der Waals surface area contributed by atoms with E-state index in [0.29, 0.717) is 38.9 Å². The molecule has 0 aliphatic carbocycles. The summed E-state index contributed by atoms with van der Waals surface area (Å²) in [7, 11) is 1.49. The number of aliphatic hydroxyl groups excluding tert-OH is 1. The SMILES string of the molecule is CCOC(=O)I=S(C)(=O)c1cccc(Nc2ncc(-c3ccc(NC(=O)N(C)c4cccc(C(C)(F)F)c4)cc3)c(N[C@H](C)CO)n2)c1. The van der Waals surface area contributed by atoms with E-state index in [1.807, 2.05) is 0 Å². The van der Waals surface area contributed by atoms with Crippen molar-refractivity contribution in [1.82, 2.24) is 9.97 Å². The van der Waals surface area contributed by atoms with Gasteiger partial charge in [-0.3, -0.25) is 9.11 Å². The van der Waals surface area contributed by atoms with Gasteiger partial charge in [0.05, 0.1) is 32.5 Å². The molecule has 1 aromatic heterocycles. The summed E-state index contributed by atoms with van der Waals surface area (Å²) < 4.78 is 45.5. The number of halogens is 3. The molecular formula is C33H37F2IN6O5S. The van der Waals surface area contributed by atoms with Gasteiger partial charge in [0.2, 0.25) is 5.95 Å². The predicted molar refractivity (Wildman–Crippen MR) is 194 cm³/mol. The highest BCUT2D eigenvalue weighted by Gasteiger charge is 2.25. The number of aromatic nitrogens is 2. The zero-order valence-corrected chi connectivity index (χ0v) is 29.9. The molecule has 0 aliphatic rings. The van der Waals surface area contributed by atoms with Crippen LogP contribution in [0.4, 0.5) is 47.2 Å². The van der Waals surface area contributed by atoms with Crippen molar-refractivity contribution in [3.63, 3.8) is 0 Å². The number of hydrogen-bond acceptors (Lipinski definition) is 9. The van der Waals surface area contributed by atoms with Crippen LogP contribution in [0, 0.1) is 0 Å². The molecule has 256 valence electrons. The number of urea groups is 1. The average Bonchev–Trinajstić information content (AvgIpc) is 3.04. The van der Waals surface area contributed by atoms with Gasteiger partial charge in [0.15, 0.2) is 0 Å². The third-order valence-electron chi connectivity index (χ3n) is 6.92. The maximum absolute atomic E-state index is 13.8. The van der Waals surface area contributed by atoms with Crippen molar-refractivity contribution in [2.75, 3.05) is 47.4 Å². The Morgan fingerprint density at radius 1 is 1.08 bits per heavy atom. The maximum Gasteiger partial charge on any atom is 0.369 e. The first-order valence-electron chi connectivity index (χ1n) is 14.8. The average molecular weight is 795 g/mol. The number of alkyl halides is 2. The maximum atomic E-state index is 13.8. The molecule has 0 saturated carbocycles. The Kier molecular flexibility index (Phi) is 12.0. The number of anilines is 5. The van der Waals surface area contributed by atoms with Gasteiger partial charge in [-0.15, -0.1) is 0 Å². The Bertz CT molecular complexity index is 1900. The number of aliphatic hydroxyl groups is 1. The molecule has 2 atom stereocenters. The van der Waals surface area contributed by atoms with Crippen LogP contribution in [0.25, 0.3) is 11.1 Å². The van der Waals surface area contributed by atoms with Crippen LogP contribution >= 0.6 is 19.3 Å². The minimum atomic E-state index is -3.04. The largest absolute Gasteiger partial charge is 0.458 e. The lowest BCUT2D eigenvalue weighted by molar-refractivity contribution is 0.0175. The standard InChI is InChI=1S/C33H37F2IN6O5S/c1-6-47-30(44)36-48(5,46)27-12-8-10-25(18-27)39-31-37-19-28(29(41-31)38-21(2)20-43)22-13-15-24(16-14-22)40-32(45)42(4)26-11-7-9-23(17-26)33(3,34)35/h7-19,21,43H,6,20H2,1-5H3,(H,40,45)(H2,37,38,39,41)/t21-,48?/m1/s1. The van der Waals surface area contributed by atoms with E-state index in [2.05, 4.69) is 25.9 Å². The molecule has 4 rings (SSSR count). The molecule has 0 saturated heterocycles. The second-order valence-electron chi connectivity index (χ2n) is 10.8. The fraction of sp³-hybridized carbons (Fsp3) is 0.273. The summed E-state index contributed by atoms with van der Waals surface area (Å²) in [5.41, 5.74) is 2.51. The van der Waals surface area contributed by atoms with E-state index in [9.17, 15) is 27.7 Å². The van der Waals surface area contributed by atoms with E-state index in [1.54, 1.807) is 80.9 Å². The lowest BCUT2D eigenvalue weighted by Gasteiger charge is -2.20. The van der Waals surface area contributed by atoms with E-state index < -0.39 is 41.8 Å². The van der Waals surface area contributed by atoms with E-state index in [0.717, 1.165) is 6.92 Å². The summed E-state index contributed by atoms with van der Waals surface area (Å²) in [5, 5.41) is 18.8. The molecule has 0 fully saturated rings. The number of amides is 2. The number of nitrogens with one attached hydrogen (secondary N) is 3. The highest BCUT2D eigenvalue weighted by atomic mass is 127. The number of carbonyl (C=O) groups excluding carboxylic acids is 2. The molecular weight excluding hydrogens is 757 g/mol. The smallest absolute Gasteiger partial charge is 0.369 e. The molecule has 2 amide bonds. The minimum Gasteiger partial charge on any atom is -0.458 e. The fourth-order valence-corrected chi connectivity index (χ4v) is 9.69. The van der Waals surface area contributed by atoms with Gasteiger partial charge >= 0.3 is 10.0 Å². The normalized spacial score (nSPS) is 13.2.